The summed E-state index contributed by atoms with van der Waals surface area (Å²) in [6, 6.07) is 12.0. The molecule has 0 aliphatic carbocycles. The third kappa shape index (κ3) is 2.46. The first-order valence-corrected chi connectivity index (χ1v) is 5.88. The number of alkyl halides is 3. The topological polar surface area (TPSA) is 55.1 Å². The van der Waals surface area contributed by atoms with Gasteiger partial charge in [0.25, 0.3) is 5.91 Å². The molecule has 2 aromatic carbocycles. The van der Waals surface area contributed by atoms with E-state index in [2.05, 4.69) is 5.32 Å². The van der Waals surface area contributed by atoms with Gasteiger partial charge in [-0.1, -0.05) is 36.4 Å². The second-order valence-corrected chi connectivity index (χ2v) is 4.68. The van der Waals surface area contributed by atoms with Crippen molar-refractivity contribution < 1.29 is 18.0 Å². The van der Waals surface area contributed by atoms with Gasteiger partial charge in [-0.05, 0) is 18.4 Å². The molecule has 20 heavy (non-hydrogen) atoms. The summed E-state index contributed by atoms with van der Waals surface area (Å²) in [6.45, 7) is 0.646. The molecule has 0 bridgehead atoms. The zero-order valence-corrected chi connectivity index (χ0v) is 10.7. The molecule has 2 rings (SSSR count). The van der Waals surface area contributed by atoms with Crippen molar-refractivity contribution in [2.45, 2.75) is 18.6 Å². The second-order valence-electron chi connectivity index (χ2n) is 4.68. The van der Waals surface area contributed by atoms with Gasteiger partial charge < -0.3 is 11.1 Å². The zero-order chi connectivity index (χ0) is 15.0. The van der Waals surface area contributed by atoms with E-state index in [1.54, 1.807) is 36.4 Å². The Labute approximate surface area is 113 Å². The highest BCUT2D eigenvalue weighted by Gasteiger charge is 2.54. The number of nitrogens with two attached hydrogens (primary N) is 1. The number of carbonyl (C=O) groups excluding carboxylic acids is 1. The number of nitrogens with one attached hydrogen (secondary N) is 1. The summed E-state index contributed by atoms with van der Waals surface area (Å²) < 4.78 is 38.1. The summed E-state index contributed by atoms with van der Waals surface area (Å²) in [6.07, 6.45) is -4.82. The summed E-state index contributed by atoms with van der Waals surface area (Å²) in [5, 5.41) is 3.72. The minimum Gasteiger partial charge on any atom is -0.324 e. The van der Waals surface area contributed by atoms with Crippen molar-refractivity contribution in [3.05, 3.63) is 42.5 Å². The van der Waals surface area contributed by atoms with Crippen LogP contribution in [-0.2, 0) is 4.79 Å². The molecule has 6 heteroatoms. The lowest BCUT2D eigenvalue weighted by molar-refractivity contribution is -0.184. The lowest BCUT2D eigenvalue weighted by Gasteiger charge is -2.26. The van der Waals surface area contributed by atoms with Crippen molar-refractivity contribution in [1.82, 2.24) is 0 Å². The van der Waals surface area contributed by atoms with Crippen molar-refractivity contribution in [2.75, 3.05) is 5.32 Å². The highest BCUT2D eigenvalue weighted by Crippen LogP contribution is 2.30. The fraction of sp³-hybridized carbons (Fsp3) is 0.214. The molecule has 0 spiro atoms. The minimum atomic E-state index is -4.82. The van der Waals surface area contributed by atoms with Crippen LogP contribution < -0.4 is 11.1 Å². The highest BCUT2D eigenvalue weighted by molar-refractivity contribution is 6.05. The summed E-state index contributed by atoms with van der Waals surface area (Å²) >= 11 is 0. The van der Waals surface area contributed by atoms with E-state index >= 15 is 0 Å². The Bertz CT molecular complexity index is 645. The maximum absolute atomic E-state index is 12.7. The van der Waals surface area contributed by atoms with E-state index in [1.807, 2.05) is 0 Å². The molecule has 0 heterocycles. The Morgan fingerprint density at radius 2 is 1.70 bits per heavy atom. The third-order valence-electron chi connectivity index (χ3n) is 3.10. The third-order valence-corrected chi connectivity index (χ3v) is 3.10. The molecule has 0 saturated heterocycles. The van der Waals surface area contributed by atoms with Crippen LogP contribution in [0.3, 0.4) is 0 Å². The first-order valence-electron chi connectivity index (χ1n) is 5.88. The van der Waals surface area contributed by atoms with Crippen LogP contribution in [0.15, 0.2) is 42.5 Å². The molecule has 1 atom stereocenters. The van der Waals surface area contributed by atoms with Crippen molar-refractivity contribution in [3.63, 3.8) is 0 Å². The van der Waals surface area contributed by atoms with E-state index in [1.165, 1.54) is 6.07 Å². The molecule has 0 aliphatic rings. The fourth-order valence-corrected chi connectivity index (χ4v) is 1.72. The highest BCUT2D eigenvalue weighted by atomic mass is 19.4. The van der Waals surface area contributed by atoms with E-state index in [0.717, 1.165) is 5.39 Å². The first kappa shape index (κ1) is 14.3. The van der Waals surface area contributed by atoms with Gasteiger partial charge in [0.2, 0.25) is 0 Å². The van der Waals surface area contributed by atoms with Gasteiger partial charge >= 0.3 is 6.18 Å². The molecule has 0 radical (unpaired) electrons. The maximum atomic E-state index is 12.7. The Morgan fingerprint density at radius 3 is 2.35 bits per heavy atom. The van der Waals surface area contributed by atoms with E-state index < -0.39 is 17.6 Å². The molecule has 3 nitrogen and oxygen atoms in total. The predicted octanol–water partition coefficient (Wildman–Crippen LogP) is 3.06. The summed E-state index contributed by atoms with van der Waals surface area (Å²) in [4.78, 5) is 11.8. The van der Waals surface area contributed by atoms with Gasteiger partial charge in [-0.2, -0.15) is 13.2 Å². The van der Waals surface area contributed by atoms with Crippen molar-refractivity contribution in [1.29, 1.82) is 0 Å². The van der Waals surface area contributed by atoms with Crippen LogP contribution in [0.4, 0.5) is 18.9 Å². The number of fused-ring (bicyclic) bond motifs is 1. The van der Waals surface area contributed by atoms with Gasteiger partial charge in [0, 0.05) is 11.1 Å². The molecule has 0 aliphatic heterocycles. The van der Waals surface area contributed by atoms with Crippen LogP contribution in [0.5, 0.6) is 0 Å². The number of anilines is 1. The van der Waals surface area contributed by atoms with Crippen LogP contribution in [0.2, 0.25) is 0 Å². The standard InChI is InChI=1S/C14H13F3N2O/c1-13(18,14(15,16)17)12(20)19-11-8-4-6-9-5-2-3-7-10(9)11/h2-8H,18H2,1H3,(H,19,20). The minimum absolute atomic E-state index is 0.300. The number of rotatable bonds is 2. The zero-order valence-electron chi connectivity index (χ0n) is 10.7. The average Bonchev–Trinajstić information content (AvgIpc) is 2.37. The molecule has 2 aromatic rings. The number of hydrogen-bond donors (Lipinski definition) is 2. The summed E-state index contributed by atoms with van der Waals surface area (Å²) in [5.74, 6) is -1.29. The SMILES string of the molecule is CC(N)(C(=O)Nc1cccc2ccccc12)C(F)(F)F. The van der Waals surface area contributed by atoms with Gasteiger partial charge in [0.05, 0.1) is 0 Å². The molecule has 0 fully saturated rings. The number of carbonyl (C=O) groups is 1. The lowest BCUT2D eigenvalue weighted by Crippen LogP contribution is -2.59. The van der Waals surface area contributed by atoms with Crippen LogP contribution >= 0.6 is 0 Å². The largest absolute Gasteiger partial charge is 0.415 e. The second kappa shape index (κ2) is 4.79. The molecular formula is C14H13F3N2O. The van der Waals surface area contributed by atoms with E-state index in [-0.39, 0.29) is 0 Å². The smallest absolute Gasteiger partial charge is 0.324 e. The first-order chi connectivity index (χ1) is 9.23. The number of hydrogen-bond acceptors (Lipinski definition) is 2. The molecule has 1 unspecified atom stereocenters. The maximum Gasteiger partial charge on any atom is 0.415 e. The molecule has 1 amide bonds. The lowest BCUT2D eigenvalue weighted by atomic mass is 10.0. The number of amides is 1. The van der Waals surface area contributed by atoms with Gasteiger partial charge in [0.1, 0.15) is 0 Å². The summed E-state index contributed by atoms with van der Waals surface area (Å²) in [5.41, 5.74) is 2.45. The number of benzene rings is 2. The molecule has 3 N–H and O–H groups in total. The molecule has 0 aromatic heterocycles. The van der Waals surface area contributed by atoms with Crippen molar-refractivity contribution >= 4 is 22.4 Å². The van der Waals surface area contributed by atoms with Crippen LogP contribution in [0.25, 0.3) is 10.8 Å². The van der Waals surface area contributed by atoms with Crippen LogP contribution in [-0.4, -0.2) is 17.6 Å². The Balaban J connectivity index is 2.36. The van der Waals surface area contributed by atoms with E-state index in [9.17, 15) is 18.0 Å². The Kier molecular flexibility index (Phi) is 3.43. The monoisotopic (exact) mass is 282 g/mol. The Hall–Kier alpha value is -2.08. The Morgan fingerprint density at radius 1 is 1.10 bits per heavy atom. The molecular weight excluding hydrogens is 269 g/mol. The molecule has 0 saturated carbocycles. The predicted molar refractivity (Wildman–Crippen MR) is 71.2 cm³/mol. The average molecular weight is 282 g/mol. The summed E-state index contributed by atoms with van der Waals surface area (Å²) in [7, 11) is 0. The van der Waals surface area contributed by atoms with E-state index in [0.29, 0.717) is 18.0 Å². The fourth-order valence-electron chi connectivity index (χ4n) is 1.72. The van der Waals surface area contributed by atoms with Gasteiger partial charge in [-0.3, -0.25) is 4.79 Å². The van der Waals surface area contributed by atoms with Crippen LogP contribution in [0.1, 0.15) is 6.92 Å². The normalized spacial score (nSPS) is 14.8. The van der Waals surface area contributed by atoms with Gasteiger partial charge in [-0.15, -0.1) is 0 Å². The van der Waals surface area contributed by atoms with Gasteiger partial charge in [-0.25, -0.2) is 0 Å². The van der Waals surface area contributed by atoms with E-state index in [4.69, 9.17) is 5.73 Å². The molecule has 106 valence electrons. The van der Waals surface area contributed by atoms with Gasteiger partial charge in [0.15, 0.2) is 5.54 Å². The van der Waals surface area contributed by atoms with Crippen LogP contribution in [0, 0.1) is 0 Å². The number of halogens is 3. The van der Waals surface area contributed by atoms with Crippen molar-refractivity contribution in [2.24, 2.45) is 5.73 Å². The quantitative estimate of drug-likeness (QED) is 0.889. The van der Waals surface area contributed by atoms with Crippen molar-refractivity contribution in [3.8, 4) is 0 Å².